The van der Waals surface area contributed by atoms with Crippen molar-refractivity contribution in [2.75, 3.05) is 39.0 Å². The van der Waals surface area contributed by atoms with Gasteiger partial charge in [0, 0.05) is 64.6 Å². The fourth-order valence-corrected chi connectivity index (χ4v) is 6.66. The van der Waals surface area contributed by atoms with E-state index in [0.717, 1.165) is 63.7 Å². The highest BCUT2D eigenvalue weighted by Gasteiger charge is 2.26. The minimum Gasteiger partial charge on any atom is -0.444 e. The monoisotopic (exact) mass is 692 g/mol. The van der Waals surface area contributed by atoms with Crippen molar-refractivity contribution < 1.29 is 22.7 Å². The molecular weight excluding hydrogens is 645 g/mol. The molecule has 0 radical (unpaired) electrons. The Morgan fingerprint density at radius 2 is 1.67 bits per heavy atom. The summed E-state index contributed by atoms with van der Waals surface area (Å²) in [7, 11) is -4.68. The van der Waals surface area contributed by atoms with Crippen LogP contribution >= 0.6 is 0 Å². The Bertz CT molecular complexity index is 1860. The molecule has 1 saturated heterocycles. The van der Waals surface area contributed by atoms with Gasteiger partial charge in [0.2, 0.25) is 0 Å². The largest absolute Gasteiger partial charge is 0.444 e. The van der Waals surface area contributed by atoms with Crippen molar-refractivity contribution in [3.8, 4) is 11.1 Å². The Labute approximate surface area is 285 Å². The first-order valence-corrected chi connectivity index (χ1v) is 21.9. The van der Waals surface area contributed by atoms with Crippen molar-refractivity contribution in [2.24, 2.45) is 0 Å². The second-order valence-electron chi connectivity index (χ2n) is 14.6. The topological polar surface area (TPSA) is 112 Å². The number of carbonyl (C=O) groups excluding carboxylic acids is 1. The number of amides is 1. The number of hydrogen-bond donors (Lipinski definition) is 0. The normalized spacial score (nSPS) is 15.1. The second-order valence-corrected chi connectivity index (χ2v) is 22.1. The van der Waals surface area contributed by atoms with Crippen LogP contribution in [0.25, 0.3) is 34.2 Å². The van der Waals surface area contributed by atoms with Crippen molar-refractivity contribution >= 4 is 47.2 Å². The second kappa shape index (κ2) is 14.4. The maximum atomic E-state index is 12.4. The van der Waals surface area contributed by atoms with E-state index in [2.05, 4.69) is 72.1 Å². The zero-order chi connectivity index (χ0) is 34.7. The number of aromatic nitrogens is 4. The molecule has 1 aliphatic heterocycles. The molecule has 0 N–H and O–H groups in total. The van der Waals surface area contributed by atoms with Gasteiger partial charge in [0.1, 0.15) is 12.3 Å². The molecule has 13 heteroatoms. The molecular formula is C35H48N6O5SSi. The van der Waals surface area contributed by atoms with Crippen LogP contribution in [0.4, 0.5) is 4.79 Å². The molecule has 48 heavy (non-hydrogen) atoms. The van der Waals surface area contributed by atoms with Crippen LogP contribution in [0, 0.1) is 0 Å². The number of nitrogens with zero attached hydrogens (tertiary/aromatic N) is 6. The lowest BCUT2D eigenvalue weighted by Crippen LogP contribution is -2.49. The predicted molar refractivity (Wildman–Crippen MR) is 194 cm³/mol. The molecule has 1 amide bonds. The molecule has 2 aromatic carbocycles. The standard InChI is InChI=1S/C35H48N6O5SSi/c1-35(2,3)46-34(42)39-18-16-38(17-19-39)24-27-8-11-29(12-9-27)30-13-15-33-31(22-30)32(37-40(33)26-45-20-21-48(5,6)7)14-10-28-23-36-41(25-28)47(4,43)44/h8-15,22-23,25H,16-21,24,26H2,1-7H3/b14-10+. The van der Waals surface area contributed by atoms with Gasteiger partial charge in [-0.05, 0) is 67.8 Å². The Balaban J connectivity index is 1.31. The molecule has 0 aliphatic carbocycles. The summed E-state index contributed by atoms with van der Waals surface area (Å²) in [6.07, 6.45) is 7.59. The summed E-state index contributed by atoms with van der Waals surface area (Å²) in [6, 6.07) is 16.0. The van der Waals surface area contributed by atoms with Gasteiger partial charge in [0.25, 0.3) is 10.0 Å². The van der Waals surface area contributed by atoms with Gasteiger partial charge in [-0.15, -0.1) is 0 Å². The number of fused-ring (bicyclic) bond motifs is 1. The van der Waals surface area contributed by atoms with Crippen LogP contribution < -0.4 is 0 Å². The van der Waals surface area contributed by atoms with Crippen molar-refractivity contribution in [3.05, 3.63) is 71.7 Å². The third-order valence-electron chi connectivity index (χ3n) is 8.06. The summed E-state index contributed by atoms with van der Waals surface area (Å²) < 4.78 is 38.2. The molecule has 2 aromatic heterocycles. The zero-order valence-corrected chi connectivity index (χ0v) is 31.0. The Morgan fingerprint density at radius 1 is 0.979 bits per heavy atom. The van der Waals surface area contributed by atoms with E-state index in [1.165, 1.54) is 18.0 Å². The quantitative estimate of drug-likeness (QED) is 0.134. The average molecular weight is 693 g/mol. The summed E-state index contributed by atoms with van der Waals surface area (Å²) in [4.78, 5) is 16.6. The molecule has 0 saturated carbocycles. The molecule has 0 unspecified atom stereocenters. The van der Waals surface area contributed by atoms with Crippen LogP contribution in [-0.4, -0.2) is 96.0 Å². The van der Waals surface area contributed by atoms with Gasteiger partial charge >= 0.3 is 6.09 Å². The van der Waals surface area contributed by atoms with E-state index in [1.807, 2.05) is 37.6 Å². The van der Waals surface area contributed by atoms with E-state index in [0.29, 0.717) is 32.0 Å². The number of hydrogen-bond acceptors (Lipinski definition) is 8. The number of benzene rings is 2. The lowest BCUT2D eigenvalue weighted by molar-refractivity contribution is 0.0139. The molecule has 0 bridgehead atoms. The minimum absolute atomic E-state index is 0.245. The first kappa shape index (κ1) is 35.5. The van der Waals surface area contributed by atoms with Gasteiger partial charge in [0.15, 0.2) is 0 Å². The van der Waals surface area contributed by atoms with Gasteiger partial charge in [-0.1, -0.05) is 50.0 Å². The van der Waals surface area contributed by atoms with Crippen molar-refractivity contribution in [1.29, 1.82) is 0 Å². The lowest BCUT2D eigenvalue weighted by atomic mass is 10.0. The van der Waals surface area contributed by atoms with Gasteiger partial charge in [-0.25, -0.2) is 17.9 Å². The average Bonchev–Trinajstić information content (AvgIpc) is 3.63. The summed E-state index contributed by atoms with van der Waals surface area (Å²) in [5.41, 5.74) is 5.26. The number of ether oxygens (including phenoxy) is 2. The SMILES string of the molecule is CC(C)(C)OC(=O)N1CCN(Cc2ccc(-c3ccc4c(c3)c(/C=C/c3cnn(S(C)(=O)=O)c3)nn4COCC[Si](C)(C)C)cc2)CC1. The van der Waals surface area contributed by atoms with Crippen LogP contribution in [-0.2, 0) is 32.8 Å². The van der Waals surface area contributed by atoms with Gasteiger partial charge in [0.05, 0.1) is 23.7 Å². The van der Waals surface area contributed by atoms with E-state index in [1.54, 1.807) is 4.90 Å². The van der Waals surface area contributed by atoms with Crippen molar-refractivity contribution in [1.82, 2.24) is 28.8 Å². The van der Waals surface area contributed by atoms with Gasteiger partial charge in [-0.2, -0.15) is 14.3 Å². The summed E-state index contributed by atoms with van der Waals surface area (Å²) in [5.74, 6) is 0. The van der Waals surface area contributed by atoms with E-state index in [-0.39, 0.29) is 6.09 Å². The van der Waals surface area contributed by atoms with Crippen LogP contribution in [0.2, 0.25) is 25.7 Å². The summed E-state index contributed by atoms with van der Waals surface area (Å²) >= 11 is 0. The molecule has 258 valence electrons. The third kappa shape index (κ3) is 9.65. The molecule has 0 spiro atoms. The molecule has 1 aliphatic rings. The fraction of sp³-hybridized carbons (Fsp3) is 0.457. The minimum atomic E-state index is -3.46. The molecule has 11 nitrogen and oxygen atoms in total. The third-order valence-corrected chi connectivity index (χ3v) is 10.6. The number of piperazine rings is 1. The maximum absolute atomic E-state index is 12.4. The molecule has 5 rings (SSSR count). The van der Waals surface area contributed by atoms with Crippen molar-refractivity contribution in [2.45, 2.75) is 65.3 Å². The molecule has 4 aromatic rings. The highest BCUT2D eigenvalue weighted by Crippen LogP contribution is 2.29. The predicted octanol–water partition coefficient (Wildman–Crippen LogP) is 6.24. The smallest absolute Gasteiger partial charge is 0.410 e. The maximum Gasteiger partial charge on any atom is 0.410 e. The van der Waals surface area contributed by atoms with Crippen LogP contribution in [0.5, 0.6) is 0 Å². The lowest BCUT2D eigenvalue weighted by Gasteiger charge is -2.35. The fourth-order valence-electron chi connectivity index (χ4n) is 5.37. The van der Waals surface area contributed by atoms with Crippen LogP contribution in [0.3, 0.4) is 0 Å². The molecule has 0 atom stereocenters. The van der Waals surface area contributed by atoms with Crippen LogP contribution in [0.15, 0.2) is 54.9 Å². The van der Waals surface area contributed by atoms with Gasteiger partial charge < -0.3 is 14.4 Å². The summed E-state index contributed by atoms with van der Waals surface area (Å²) in [6.45, 7) is 17.4. The first-order chi connectivity index (χ1) is 22.5. The Kier molecular flexibility index (Phi) is 10.6. The first-order valence-electron chi connectivity index (χ1n) is 16.4. The van der Waals surface area contributed by atoms with E-state index in [4.69, 9.17) is 14.6 Å². The van der Waals surface area contributed by atoms with Crippen molar-refractivity contribution in [3.63, 3.8) is 0 Å². The van der Waals surface area contributed by atoms with E-state index >= 15 is 0 Å². The molecule has 1 fully saturated rings. The zero-order valence-electron chi connectivity index (χ0n) is 29.1. The van der Waals surface area contributed by atoms with E-state index in [9.17, 15) is 13.2 Å². The highest BCUT2D eigenvalue weighted by atomic mass is 32.2. The van der Waals surface area contributed by atoms with E-state index < -0.39 is 23.7 Å². The Hall–Kier alpha value is -3.78. The number of rotatable bonds is 11. The highest BCUT2D eigenvalue weighted by molar-refractivity contribution is 7.89. The summed E-state index contributed by atoms with van der Waals surface area (Å²) in [5, 5.41) is 9.81. The number of carbonyl (C=O) groups is 1. The van der Waals surface area contributed by atoms with Crippen LogP contribution in [0.1, 0.15) is 37.6 Å². The van der Waals surface area contributed by atoms with Gasteiger partial charge in [-0.3, -0.25) is 4.90 Å². The molecule has 3 heterocycles. The Morgan fingerprint density at radius 3 is 2.29 bits per heavy atom.